The number of aryl methyl sites for hydroxylation is 1. The molecule has 1 aromatic rings. The van der Waals surface area contributed by atoms with E-state index in [-0.39, 0.29) is 0 Å². The maximum atomic E-state index is 4.69. The van der Waals surface area contributed by atoms with Gasteiger partial charge in [0.25, 0.3) is 0 Å². The summed E-state index contributed by atoms with van der Waals surface area (Å²) in [6, 6.07) is 0. The Morgan fingerprint density at radius 1 is 1.47 bits per heavy atom. The monoisotopic (exact) mass is 262 g/mol. The number of rotatable bonds is 5. The fraction of sp³-hybridized carbons (Fsp3) is 0.733. The van der Waals surface area contributed by atoms with Crippen molar-refractivity contribution in [3.05, 3.63) is 11.8 Å². The van der Waals surface area contributed by atoms with E-state index in [0.717, 1.165) is 49.7 Å². The van der Waals surface area contributed by atoms with Gasteiger partial charge in [0.2, 0.25) is 5.95 Å². The predicted octanol–water partition coefficient (Wildman–Crippen LogP) is 3.09. The Bertz CT molecular complexity index is 417. The lowest BCUT2D eigenvalue weighted by molar-refractivity contribution is 0.422. The number of hydrogen-bond acceptors (Lipinski definition) is 4. The largest absolute Gasteiger partial charge is 0.356 e. The molecule has 1 saturated heterocycles. The molecule has 0 aromatic carbocycles. The molecule has 4 heteroatoms. The zero-order valence-corrected chi connectivity index (χ0v) is 12.6. The minimum Gasteiger partial charge on any atom is -0.356 e. The fourth-order valence-electron chi connectivity index (χ4n) is 2.60. The highest BCUT2D eigenvalue weighted by Gasteiger charge is 2.26. The summed E-state index contributed by atoms with van der Waals surface area (Å²) >= 11 is 0. The minimum atomic E-state index is 0.754. The van der Waals surface area contributed by atoms with Crippen molar-refractivity contribution in [1.29, 1.82) is 0 Å². The number of aromatic nitrogens is 2. The summed E-state index contributed by atoms with van der Waals surface area (Å²) in [5.74, 6) is 3.42. The third-order valence-electron chi connectivity index (χ3n) is 3.95. The smallest absolute Gasteiger partial charge is 0.224 e. The summed E-state index contributed by atoms with van der Waals surface area (Å²) in [5.41, 5.74) is 1.17. The van der Waals surface area contributed by atoms with Gasteiger partial charge in [0.15, 0.2) is 0 Å². The molecular weight excluding hydrogens is 236 g/mol. The first kappa shape index (κ1) is 14.1. The van der Waals surface area contributed by atoms with Crippen LogP contribution in [0.1, 0.15) is 39.2 Å². The Morgan fingerprint density at radius 2 is 2.26 bits per heavy atom. The SMILES string of the molecule is CCCNc1ncc(C)c(N2CCC(C(C)C)C2)n1. The van der Waals surface area contributed by atoms with Crippen LogP contribution in [0.25, 0.3) is 0 Å². The molecule has 1 N–H and O–H groups in total. The standard InChI is InChI=1S/C15H26N4/c1-5-7-16-15-17-9-12(4)14(18-15)19-8-6-13(10-19)11(2)3/h9,11,13H,5-8,10H2,1-4H3,(H,16,17,18). The molecule has 0 saturated carbocycles. The summed E-state index contributed by atoms with van der Waals surface area (Å²) in [6.45, 7) is 12.1. The topological polar surface area (TPSA) is 41.1 Å². The van der Waals surface area contributed by atoms with E-state index in [2.05, 4.69) is 47.9 Å². The Balaban J connectivity index is 2.11. The molecule has 2 rings (SSSR count). The molecular formula is C15H26N4. The third kappa shape index (κ3) is 3.37. The summed E-state index contributed by atoms with van der Waals surface area (Å²) in [4.78, 5) is 11.5. The van der Waals surface area contributed by atoms with Crippen molar-refractivity contribution < 1.29 is 0 Å². The van der Waals surface area contributed by atoms with Crippen molar-refractivity contribution in [3.63, 3.8) is 0 Å². The number of hydrogen-bond donors (Lipinski definition) is 1. The lowest BCUT2D eigenvalue weighted by Crippen LogP contribution is -2.23. The van der Waals surface area contributed by atoms with Crippen molar-refractivity contribution in [3.8, 4) is 0 Å². The van der Waals surface area contributed by atoms with Crippen LogP contribution in [0.5, 0.6) is 0 Å². The van der Waals surface area contributed by atoms with Gasteiger partial charge >= 0.3 is 0 Å². The van der Waals surface area contributed by atoms with E-state index in [0.29, 0.717) is 0 Å². The van der Waals surface area contributed by atoms with Crippen LogP contribution in [-0.4, -0.2) is 29.6 Å². The van der Waals surface area contributed by atoms with Gasteiger partial charge in [-0.15, -0.1) is 0 Å². The second-order valence-corrected chi connectivity index (χ2v) is 5.87. The van der Waals surface area contributed by atoms with Crippen LogP contribution in [0.4, 0.5) is 11.8 Å². The van der Waals surface area contributed by atoms with E-state index in [9.17, 15) is 0 Å². The lowest BCUT2D eigenvalue weighted by atomic mass is 9.95. The van der Waals surface area contributed by atoms with Gasteiger partial charge in [0.1, 0.15) is 5.82 Å². The molecule has 1 aliphatic rings. The average molecular weight is 262 g/mol. The first-order valence-corrected chi connectivity index (χ1v) is 7.44. The van der Waals surface area contributed by atoms with E-state index in [4.69, 9.17) is 0 Å². The summed E-state index contributed by atoms with van der Waals surface area (Å²) in [7, 11) is 0. The molecule has 1 atom stereocenters. The second kappa shape index (κ2) is 6.22. The normalized spacial score (nSPS) is 19.2. The Kier molecular flexibility index (Phi) is 4.61. The molecule has 19 heavy (non-hydrogen) atoms. The van der Waals surface area contributed by atoms with Gasteiger partial charge in [-0.25, -0.2) is 4.98 Å². The van der Waals surface area contributed by atoms with Crippen LogP contribution >= 0.6 is 0 Å². The highest BCUT2D eigenvalue weighted by Crippen LogP contribution is 2.29. The molecule has 0 aliphatic carbocycles. The molecule has 1 aliphatic heterocycles. The van der Waals surface area contributed by atoms with Crippen LogP contribution in [0.3, 0.4) is 0 Å². The van der Waals surface area contributed by atoms with Crippen molar-refractivity contribution >= 4 is 11.8 Å². The zero-order chi connectivity index (χ0) is 13.8. The van der Waals surface area contributed by atoms with E-state index in [1.54, 1.807) is 0 Å². The van der Waals surface area contributed by atoms with Crippen LogP contribution in [0, 0.1) is 18.8 Å². The van der Waals surface area contributed by atoms with E-state index in [1.807, 2.05) is 6.20 Å². The van der Waals surface area contributed by atoms with Gasteiger partial charge in [0.05, 0.1) is 0 Å². The molecule has 106 valence electrons. The Hall–Kier alpha value is -1.32. The number of nitrogens with one attached hydrogen (secondary N) is 1. The van der Waals surface area contributed by atoms with Gasteiger partial charge in [-0.05, 0) is 31.6 Å². The van der Waals surface area contributed by atoms with Gasteiger partial charge in [-0.2, -0.15) is 4.98 Å². The van der Waals surface area contributed by atoms with Gasteiger partial charge in [-0.1, -0.05) is 20.8 Å². The van der Waals surface area contributed by atoms with Crippen LogP contribution in [0.2, 0.25) is 0 Å². The van der Waals surface area contributed by atoms with Crippen molar-refractivity contribution in [2.24, 2.45) is 11.8 Å². The second-order valence-electron chi connectivity index (χ2n) is 5.87. The Morgan fingerprint density at radius 3 is 2.89 bits per heavy atom. The Labute approximate surface area is 116 Å². The van der Waals surface area contributed by atoms with E-state index >= 15 is 0 Å². The lowest BCUT2D eigenvalue weighted by Gasteiger charge is -2.21. The predicted molar refractivity (Wildman–Crippen MR) is 80.7 cm³/mol. The highest BCUT2D eigenvalue weighted by atomic mass is 15.2. The van der Waals surface area contributed by atoms with E-state index in [1.165, 1.54) is 12.0 Å². The molecule has 1 aromatic heterocycles. The number of nitrogens with zero attached hydrogens (tertiary/aromatic N) is 3. The van der Waals surface area contributed by atoms with Gasteiger partial charge < -0.3 is 10.2 Å². The molecule has 0 spiro atoms. The van der Waals surface area contributed by atoms with Crippen molar-refractivity contribution in [1.82, 2.24) is 9.97 Å². The average Bonchev–Trinajstić information content (AvgIpc) is 2.87. The summed E-state index contributed by atoms with van der Waals surface area (Å²) < 4.78 is 0. The molecule has 0 radical (unpaired) electrons. The summed E-state index contributed by atoms with van der Waals surface area (Å²) in [6.07, 6.45) is 4.30. The maximum Gasteiger partial charge on any atom is 0.224 e. The minimum absolute atomic E-state index is 0.754. The van der Waals surface area contributed by atoms with Crippen LogP contribution in [0.15, 0.2) is 6.20 Å². The molecule has 0 amide bonds. The zero-order valence-electron chi connectivity index (χ0n) is 12.6. The first-order chi connectivity index (χ1) is 9.11. The van der Waals surface area contributed by atoms with E-state index < -0.39 is 0 Å². The van der Waals surface area contributed by atoms with Crippen LogP contribution < -0.4 is 10.2 Å². The van der Waals surface area contributed by atoms with Gasteiger partial charge in [-0.3, -0.25) is 0 Å². The van der Waals surface area contributed by atoms with Gasteiger partial charge in [0, 0.05) is 31.4 Å². The van der Waals surface area contributed by atoms with Crippen molar-refractivity contribution in [2.45, 2.75) is 40.5 Å². The quantitative estimate of drug-likeness (QED) is 0.885. The fourth-order valence-corrected chi connectivity index (χ4v) is 2.60. The molecule has 1 fully saturated rings. The molecule has 0 bridgehead atoms. The summed E-state index contributed by atoms with van der Waals surface area (Å²) in [5, 5.41) is 3.27. The maximum absolute atomic E-state index is 4.69. The van der Waals surface area contributed by atoms with Crippen molar-refractivity contribution in [2.75, 3.05) is 29.9 Å². The number of anilines is 2. The third-order valence-corrected chi connectivity index (χ3v) is 3.95. The van der Waals surface area contributed by atoms with Crippen LogP contribution in [-0.2, 0) is 0 Å². The molecule has 1 unspecified atom stereocenters. The molecule has 2 heterocycles. The molecule has 4 nitrogen and oxygen atoms in total. The first-order valence-electron chi connectivity index (χ1n) is 7.44. The highest BCUT2D eigenvalue weighted by molar-refractivity contribution is 5.49.